The van der Waals surface area contributed by atoms with Crippen LogP contribution in [0, 0.1) is 5.82 Å². The minimum atomic E-state index is -0.179. The van der Waals surface area contributed by atoms with Gasteiger partial charge in [0.15, 0.2) is 0 Å². The van der Waals surface area contributed by atoms with Crippen LogP contribution in [-0.2, 0) is 13.0 Å². The van der Waals surface area contributed by atoms with Gasteiger partial charge in [-0.2, -0.15) is 0 Å². The number of benzene rings is 1. The number of nitrogens with two attached hydrogens (primary N) is 1. The number of rotatable bonds is 3. The van der Waals surface area contributed by atoms with Crippen LogP contribution in [-0.4, -0.2) is 4.98 Å². The molecule has 0 radical (unpaired) electrons. The maximum atomic E-state index is 13.3. The number of halogens is 2. The van der Waals surface area contributed by atoms with Gasteiger partial charge in [0, 0.05) is 18.3 Å². The molecule has 5 heteroatoms. The van der Waals surface area contributed by atoms with Crippen molar-refractivity contribution < 1.29 is 4.39 Å². The van der Waals surface area contributed by atoms with Gasteiger partial charge in [-0.1, -0.05) is 18.2 Å². The molecule has 0 fully saturated rings. The van der Waals surface area contributed by atoms with E-state index in [9.17, 15) is 4.39 Å². The molecular formula is C11H12ClFN2S. The van der Waals surface area contributed by atoms with Crippen molar-refractivity contribution in [2.24, 2.45) is 5.73 Å². The molecule has 0 unspecified atom stereocenters. The first-order valence-electron chi connectivity index (χ1n) is 4.66. The molecule has 0 aliphatic heterocycles. The lowest BCUT2D eigenvalue weighted by Gasteiger charge is -1.98. The number of hydrogen-bond acceptors (Lipinski definition) is 3. The van der Waals surface area contributed by atoms with Gasteiger partial charge >= 0.3 is 0 Å². The molecule has 2 rings (SSSR count). The molecule has 0 amide bonds. The average Bonchev–Trinajstić information content (AvgIpc) is 2.69. The summed E-state index contributed by atoms with van der Waals surface area (Å²) in [6.07, 6.45) is 0.539. The molecule has 0 aliphatic carbocycles. The third-order valence-corrected chi connectivity index (χ3v) is 3.01. The van der Waals surface area contributed by atoms with Crippen LogP contribution in [0.4, 0.5) is 4.39 Å². The Morgan fingerprint density at radius 2 is 2.06 bits per heavy atom. The largest absolute Gasteiger partial charge is 0.325 e. The van der Waals surface area contributed by atoms with Crippen molar-refractivity contribution in [1.82, 2.24) is 4.98 Å². The highest BCUT2D eigenvalue weighted by molar-refractivity contribution is 7.09. The lowest BCUT2D eigenvalue weighted by atomic mass is 10.1. The van der Waals surface area contributed by atoms with Gasteiger partial charge in [0.2, 0.25) is 0 Å². The molecule has 2 aromatic rings. The Labute approximate surface area is 104 Å². The SMILES string of the molecule is Cl.NCc1csc(Cc2ccccc2F)n1. The number of aromatic nitrogens is 1. The molecule has 1 aromatic heterocycles. The van der Waals surface area contributed by atoms with E-state index >= 15 is 0 Å². The van der Waals surface area contributed by atoms with Gasteiger partial charge in [-0.25, -0.2) is 9.37 Å². The van der Waals surface area contributed by atoms with Crippen molar-refractivity contribution >= 4 is 23.7 Å². The van der Waals surface area contributed by atoms with Crippen molar-refractivity contribution in [3.8, 4) is 0 Å². The number of hydrogen-bond donors (Lipinski definition) is 1. The zero-order chi connectivity index (χ0) is 10.7. The Bertz CT molecular complexity index is 459. The van der Waals surface area contributed by atoms with Crippen LogP contribution < -0.4 is 5.73 Å². The molecule has 0 saturated carbocycles. The van der Waals surface area contributed by atoms with Crippen LogP contribution in [0.25, 0.3) is 0 Å². The quantitative estimate of drug-likeness (QED) is 0.920. The molecule has 2 nitrogen and oxygen atoms in total. The summed E-state index contributed by atoms with van der Waals surface area (Å²) < 4.78 is 13.3. The summed E-state index contributed by atoms with van der Waals surface area (Å²) in [7, 11) is 0. The fourth-order valence-corrected chi connectivity index (χ4v) is 2.16. The van der Waals surface area contributed by atoms with Crippen LogP contribution >= 0.6 is 23.7 Å². The van der Waals surface area contributed by atoms with E-state index in [-0.39, 0.29) is 18.2 Å². The third kappa shape index (κ3) is 3.01. The molecular weight excluding hydrogens is 247 g/mol. The van der Waals surface area contributed by atoms with Crippen LogP contribution in [0.5, 0.6) is 0 Å². The average molecular weight is 259 g/mol. The smallest absolute Gasteiger partial charge is 0.126 e. The van der Waals surface area contributed by atoms with E-state index in [1.54, 1.807) is 12.1 Å². The summed E-state index contributed by atoms with van der Waals surface area (Å²) in [5, 5.41) is 2.82. The topological polar surface area (TPSA) is 38.9 Å². The molecule has 86 valence electrons. The first-order valence-corrected chi connectivity index (χ1v) is 5.54. The molecule has 0 bridgehead atoms. The Balaban J connectivity index is 0.00000128. The number of thiazole rings is 1. The molecule has 1 heterocycles. The standard InChI is InChI=1S/C11H11FN2S.ClH/c12-10-4-2-1-3-8(10)5-11-14-9(6-13)7-15-11;/h1-4,7H,5-6,13H2;1H. The van der Waals surface area contributed by atoms with Gasteiger partial charge in [0.25, 0.3) is 0 Å². The molecule has 0 spiro atoms. The highest BCUT2D eigenvalue weighted by Gasteiger charge is 2.05. The fraction of sp³-hybridized carbons (Fsp3) is 0.182. The van der Waals surface area contributed by atoms with E-state index in [1.165, 1.54) is 17.4 Å². The summed E-state index contributed by atoms with van der Waals surface area (Å²) in [4.78, 5) is 4.29. The summed E-state index contributed by atoms with van der Waals surface area (Å²) >= 11 is 1.52. The maximum absolute atomic E-state index is 13.3. The van der Waals surface area contributed by atoms with E-state index in [1.807, 2.05) is 11.4 Å². The zero-order valence-electron chi connectivity index (χ0n) is 8.52. The zero-order valence-corrected chi connectivity index (χ0v) is 10.2. The predicted molar refractivity (Wildman–Crippen MR) is 66.5 cm³/mol. The van der Waals surface area contributed by atoms with Gasteiger partial charge in [0.05, 0.1) is 10.7 Å². The van der Waals surface area contributed by atoms with Crippen molar-refractivity contribution in [1.29, 1.82) is 0 Å². The van der Waals surface area contributed by atoms with Crippen molar-refractivity contribution in [3.05, 3.63) is 51.7 Å². The Kier molecular flexibility index (Phi) is 4.86. The second-order valence-electron chi connectivity index (χ2n) is 3.20. The van der Waals surface area contributed by atoms with Gasteiger partial charge in [-0.3, -0.25) is 0 Å². The second-order valence-corrected chi connectivity index (χ2v) is 4.15. The summed E-state index contributed by atoms with van der Waals surface area (Å²) in [5.74, 6) is -0.179. The van der Waals surface area contributed by atoms with E-state index in [2.05, 4.69) is 4.98 Å². The molecule has 0 aliphatic rings. The highest BCUT2D eigenvalue weighted by Crippen LogP contribution is 2.16. The van der Waals surface area contributed by atoms with E-state index < -0.39 is 0 Å². The Morgan fingerprint density at radius 1 is 1.31 bits per heavy atom. The number of nitrogens with zero attached hydrogens (tertiary/aromatic N) is 1. The molecule has 16 heavy (non-hydrogen) atoms. The minimum Gasteiger partial charge on any atom is -0.325 e. The first-order chi connectivity index (χ1) is 7.29. The monoisotopic (exact) mass is 258 g/mol. The lowest BCUT2D eigenvalue weighted by molar-refractivity contribution is 0.613. The lowest BCUT2D eigenvalue weighted by Crippen LogP contribution is -1.97. The van der Waals surface area contributed by atoms with Crippen LogP contribution in [0.2, 0.25) is 0 Å². The fourth-order valence-electron chi connectivity index (χ4n) is 1.33. The van der Waals surface area contributed by atoms with Crippen LogP contribution in [0.15, 0.2) is 29.6 Å². The van der Waals surface area contributed by atoms with Crippen molar-refractivity contribution in [3.63, 3.8) is 0 Å². The highest BCUT2D eigenvalue weighted by atomic mass is 35.5. The Morgan fingerprint density at radius 3 is 2.69 bits per heavy atom. The van der Waals surface area contributed by atoms with E-state index in [0.29, 0.717) is 18.5 Å². The van der Waals surface area contributed by atoms with Gasteiger partial charge < -0.3 is 5.73 Å². The second kappa shape index (κ2) is 5.94. The molecule has 1 aromatic carbocycles. The maximum Gasteiger partial charge on any atom is 0.126 e. The third-order valence-electron chi connectivity index (χ3n) is 2.11. The first kappa shape index (κ1) is 13.1. The van der Waals surface area contributed by atoms with Crippen molar-refractivity contribution in [2.75, 3.05) is 0 Å². The van der Waals surface area contributed by atoms with Crippen LogP contribution in [0.1, 0.15) is 16.3 Å². The van der Waals surface area contributed by atoms with Gasteiger partial charge in [0.1, 0.15) is 5.82 Å². The van der Waals surface area contributed by atoms with Gasteiger partial charge in [-0.15, -0.1) is 23.7 Å². The Hall–Kier alpha value is -0.970. The van der Waals surface area contributed by atoms with E-state index in [4.69, 9.17) is 5.73 Å². The molecule has 0 atom stereocenters. The van der Waals surface area contributed by atoms with Crippen LogP contribution in [0.3, 0.4) is 0 Å². The normalized spacial score (nSPS) is 9.88. The predicted octanol–water partition coefficient (Wildman–Crippen LogP) is 2.75. The summed E-state index contributed by atoms with van der Waals surface area (Å²) in [6, 6.07) is 6.76. The summed E-state index contributed by atoms with van der Waals surface area (Å²) in [5.41, 5.74) is 7.00. The van der Waals surface area contributed by atoms with Crippen molar-refractivity contribution in [2.45, 2.75) is 13.0 Å². The molecule has 2 N–H and O–H groups in total. The van der Waals surface area contributed by atoms with E-state index in [0.717, 1.165) is 10.7 Å². The minimum absolute atomic E-state index is 0. The molecule has 0 saturated heterocycles. The summed E-state index contributed by atoms with van der Waals surface area (Å²) in [6.45, 7) is 0.438. The van der Waals surface area contributed by atoms with Gasteiger partial charge in [-0.05, 0) is 11.6 Å².